The van der Waals surface area contributed by atoms with Gasteiger partial charge in [-0.25, -0.2) is 0 Å². The van der Waals surface area contributed by atoms with Gasteiger partial charge in [0, 0.05) is 26.7 Å². The first-order chi connectivity index (χ1) is 8.03. The summed E-state index contributed by atoms with van der Waals surface area (Å²) in [4.78, 5) is 14.1. The number of nitrogens with one attached hydrogen (secondary N) is 1. The van der Waals surface area contributed by atoms with Crippen LogP contribution in [0.2, 0.25) is 0 Å². The fourth-order valence-corrected chi connectivity index (χ4v) is 3.29. The average Bonchev–Trinajstić information content (AvgIpc) is 2.98. The number of likely N-dealkylation sites (N-methyl/N-ethyl adjacent to an activating group) is 1. The molecule has 0 bridgehead atoms. The summed E-state index contributed by atoms with van der Waals surface area (Å²) in [6.07, 6.45) is 3.88. The largest absolute Gasteiger partial charge is 0.379 e. The van der Waals surface area contributed by atoms with E-state index in [1.807, 2.05) is 6.92 Å². The van der Waals surface area contributed by atoms with Crippen LogP contribution in [0.3, 0.4) is 0 Å². The summed E-state index contributed by atoms with van der Waals surface area (Å²) in [5.41, 5.74) is 0.554. The molecule has 3 unspecified atom stereocenters. The molecule has 0 aromatic rings. The van der Waals surface area contributed by atoms with Gasteiger partial charge in [-0.3, -0.25) is 4.79 Å². The van der Waals surface area contributed by atoms with Gasteiger partial charge in [-0.15, -0.1) is 0 Å². The second-order valence-electron chi connectivity index (χ2n) is 5.79. The lowest BCUT2D eigenvalue weighted by atomic mass is 9.92. The fourth-order valence-electron chi connectivity index (χ4n) is 3.29. The molecule has 1 amide bonds. The molecule has 98 valence electrons. The van der Waals surface area contributed by atoms with Gasteiger partial charge in [-0.1, -0.05) is 6.92 Å². The van der Waals surface area contributed by atoms with E-state index in [4.69, 9.17) is 4.74 Å². The highest BCUT2D eigenvalue weighted by Crippen LogP contribution is 2.55. The van der Waals surface area contributed by atoms with Crippen LogP contribution in [-0.4, -0.2) is 50.7 Å². The maximum Gasteiger partial charge on any atom is 0.225 e. The van der Waals surface area contributed by atoms with E-state index in [0.29, 0.717) is 11.5 Å². The zero-order valence-corrected chi connectivity index (χ0v) is 11.3. The molecule has 1 N–H and O–H groups in total. The average molecular weight is 240 g/mol. The van der Waals surface area contributed by atoms with Crippen molar-refractivity contribution in [2.45, 2.75) is 38.3 Å². The van der Waals surface area contributed by atoms with E-state index in [2.05, 4.69) is 17.3 Å². The zero-order valence-electron chi connectivity index (χ0n) is 11.3. The van der Waals surface area contributed by atoms with E-state index in [-0.39, 0.29) is 17.9 Å². The Balaban J connectivity index is 2.05. The molecule has 4 nitrogen and oxygen atoms in total. The molecule has 17 heavy (non-hydrogen) atoms. The molecule has 1 spiro atoms. The van der Waals surface area contributed by atoms with Gasteiger partial charge in [-0.2, -0.15) is 0 Å². The number of likely N-dealkylation sites (tertiary alicyclic amines) is 1. The third-order valence-electron chi connectivity index (χ3n) is 4.55. The minimum Gasteiger partial charge on any atom is -0.379 e. The van der Waals surface area contributed by atoms with Gasteiger partial charge < -0.3 is 15.0 Å². The van der Waals surface area contributed by atoms with Crippen LogP contribution in [0.4, 0.5) is 0 Å². The Morgan fingerprint density at radius 1 is 1.53 bits per heavy atom. The van der Waals surface area contributed by atoms with E-state index >= 15 is 0 Å². The second kappa shape index (κ2) is 4.58. The number of carbonyl (C=O) groups is 1. The first-order valence-electron chi connectivity index (χ1n) is 6.47. The molecule has 1 aliphatic carbocycles. The fraction of sp³-hybridized carbons (Fsp3) is 0.923. The van der Waals surface area contributed by atoms with Gasteiger partial charge >= 0.3 is 0 Å². The van der Waals surface area contributed by atoms with E-state index in [9.17, 15) is 4.79 Å². The molecule has 2 rings (SSSR count). The number of rotatable bonds is 4. The standard InChI is InChI=1S/C13H24N2O2/c1-9(12(16)14-2)11(17-4)10-7-13(5-6-13)8-15(10)3/h9-11H,5-8H2,1-4H3,(H,14,16). The summed E-state index contributed by atoms with van der Waals surface area (Å²) >= 11 is 0. The Kier molecular flexibility index (Phi) is 3.46. The summed E-state index contributed by atoms with van der Waals surface area (Å²) < 4.78 is 5.61. The van der Waals surface area contributed by atoms with E-state index in [0.717, 1.165) is 6.54 Å². The van der Waals surface area contributed by atoms with Crippen LogP contribution in [0.5, 0.6) is 0 Å². The molecule has 2 aliphatic rings. The monoisotopic (exact) mass is 240 g/mol. The molecule has 0 radical (unpaired) electrons. The van der Waals surface area contributed by atoms with Crippen molar-refractivity contribution in [1.29, 1.82) is 0 Å². The third kappa shape index (κ3) is 2.33. The van der Waals surface area contributed by atoms with Crippen LogP contribution in [0.1, 0.15) is 26.2 Å². The van der Waals surface area contributed by atoms with Gasteiger partial charge in [0.05, 0.1) is 12.0 Å². The number of nitrogens with zero attached hydrogens (tertiary/aromatic N) is 1. The van der Waals surface area contributed by atoms with Gasteiger partial charge in [0.15, 0.2) is 0 Å². The van der Waals surface area contributed by atoms with Crippen molar-refractivity contribution < 1.29 is 9.53 Å². The predicted octanol–water partition coefficient (Wildman–Crippen LogP) is 0.868. The molecule has 1 saturated carbocycles. The van der Waals surface area contributed by atoms with Gasteiger partial charge in [0.2, 0.25) is 5.91 Å². The van der Waals surface area contributed by atoms with Crippen LogP contribution in [0.15, 0.2) is 0 Å². The number of hydrogen-bond acceptors (Lipinski definition) is 3. The van der Waals surface area contributed by atoms with Crippen LogP contribution < -0.4 is 5.32 Å². The quantitative estimate of drug-likeness (QED) is 0.793. The Labute approximate surface area is 104 Å². The molecule has 2 fully saturated rings. The third-order valence-corrected chi connectivity index (χ3v) is 4.55. The first kappa shape index (κ1) is 12.8. The highest BCUT2D eigenvalue weighted by molar-refractivity contribution is 5.78. The lowest BCUT2D eigenvalue weighted by molar-refractivity contribution is -0.130. The van der Waals surface area contributed by atoms with Crippen molar-refractivity contribution in [2.75, 3.05) is 27.7 Å². The van der Waals surface area contributed by atoms with Gasteiger partial charge in [0.1, 0.15) is 0 Å². The van der Waals surface area contributed by atoms with Crippen molar-refractivity contribution in [3.05, 3.63) is 0 Å². The molecular weight excluding hydrogens is 216 g/mol. The maximum absolute atomic E-state index is 11.7. The molecule has 1 aliphatic heterocycles. The minimum atomic E-state index is -0.0913. The molecule has 4 heteroatoms. The Bertz CT molecular complexity index is 302. The minimum absolute atomic E-state index is 0.0000694. The highest BCUT2D eigenvalue weighted by Gasteiger charge is 2.53. The molecular formula is C13H24N2O2. The Morgan fingerprint density at radius 2 is 2.18 bits per heavy atom. The van der Waals surface area contributed by atoms with Gasteiger partial charge in [0.25, 0.3) is 0 Å². The van der Waals surface area contributed by atoms with E-state index in [1.54, 1.807) is 14.2 Å². The van der Waals surface area contributed by atoms with Crippen LogP contribution >= 0.6 is 0 Å². The SMILES string of the molecule is CNC(=O)C(C)C(OC)C1CC2(CC2)CN1C. The number of amides is 1. The number of carbonyl (C=O) groups excluding carboxylic acids is 1. The first-order valence-corrected chi connectivity index (χ1v) is 6.47. The van der Waals surface area contributed by atoms with Crippen molar-refractivity contribution in [2.24, 2.45) is 11.3 Å². The second-order valence-corrected chi connectivity index (χ2v) is 5.79. The van der Waals surface area contributed by atoms with Crippen LogP contribution in [0.25, 0.3) is 0 Å². The number of ether oxygens (including phenoxy) is 1. The predicted molar refractivity (Wildman–Crippen MR) is 66.7 cm³/mol. The topological polar surface area (TPSA) is 41.6 Å². The zero-order chi connectivity index (χ0) is 12.6. The van der Waals surface area contributed by atoms with Crippen LogP contribution in [-0.2, 0) is 9.53 Å². The summed E-state index contributed by atoms with van der Waals surface area (Å²) in [5, 5.41) is 2.72. The smallest absolute Gasteiger partial charge is 0.225 e. The van der Waals surface area contributed by atoms with Crippen molar-refractivity contribution in [3.63, 3.8) is 0 Å². The van der Waals surface area contributed by atoms with Crippen molar-refractivity contribution in [3.8, 4) is 0 Å². The lowest BCUT2D eigenvalue weighted by Crippen LogP contribution is -2.46. The number of methoxy groups -OCH3 is 1. The van der Waals surface area contributed by atoms with E-state index < -0.39 is 0 Å². The van der Waals surface area contributed by atoms with E-state index in [1.165, 1.54) is 19.3 Å². The summed E-state index contributed by atoms with van der Waals surface area (Å²) in [5.74, 6) is -0.0200. The van der Waals surface area contributed by atoms with Crippen molar-refractivity contribution in [1.82, 2.24) is 10.2 Å². The summed E-state index contributed by atoms with van der Waals surface area (Å²) in [6, 6.07) is 0.384. The molecule has 3 atom stereocenters. The Morgan fingerprint density at radius 3 is 2.59 bits per heavy atom. The lowest BCUT2D eigenvalue weighted by Gasteiger charge is -2.31. The molecule has 0 aromatic carbocycles. The summed E-state index contributed by atoms with van der Waals surface area (Å²) in [6.45, 7) is 3.12. The molecule has 0 aromatic heterocycles. The highest BCUT2D eigenvalue weighted by atomic mass is 16.5. The molecule has 1 heterocycles. The Hall–Kier alpha value is -0.610. The normalized spacial score (nSPS) is 30.2. The summed E-state index contributed by atoms with van der Waals surface area (Å²) in [7, 11) is 5.56. The van der Waals surface area contributed by atoms with Gasteiger partial charge in [-0.05, 0) is 31.7 Å². The molecule has 1 saturated heterocycles. The van der Waals surface area contributed by atoms with Crippen molar-refractivity contribution >= 4 is 5.91 Å². The van der Waals surface area contributed by atoms with Crippen LogP contribution in [0, 0.1) is 11.3 Å². The maximum atomic E-state index is 11.7. The number of hydrogen-bond donors (Lipinski definition) is 1.